The Bertz CT molecular complexity index is 1010. The van der Waals surface area contributed by atoms with E-state index in [0.29, 0.717) is 17.1 Å². The van der Waals surface area contributed by atoms with E-state index in [1.165, 1.54) is 12.3 Å². The molecule has 3 aromatic rings. The van der Waals surface area contributed by atoms with E-state index in [9.17, 15) is 14.4 Å². The Kier molecular flexibility index (Phi) is 5.53. The molecule has 0 unspecified atom stereocenters. The summed E-state index contributed by atoms with van der Waals surface area (Å²) in [5.41, 5.74) is 5.24. The van der Waals surface area contributed by atoms with Gasteiger partial charge in [-0.25, -0.2) is 4.98 Å². The van der Waals surface area contributed by atoms with Crippen LogP contribution in [0.4, 0.5) is 0 Å². The van der Waals surface area contributed by atoms with Crippen molar-refractivity contribution in [2.75, 3.05) is 0 Å². The smallest absolute Gasteiger partial charge is 0.327 e. The lowest BCUT2D eigenvalue weighted by Gasteiger charge is -2.05. The van der Waals surface area contributed by atoms with Crippen LogP contribution in [0.15, 0.2) is 53.3 Å². The second-order valence-electron chi connectivity index (χ2n) is 5.26. The molecule has 3 N–H and O–H groups in total. The largest absolute Gasteiger partial charge is 0.467 e. The molecule has 0 aliphatic carbocycles. The number of nitrogens with zero attached hydrogens (tertiary/aromatic N) is 2. The number of fused-ring (bicyclic) bond motifs is 1. The van der Waals surface area contributed by atoms with Crippen LogP contribution in [0.25, 0.3) is 11.7 Å². The van der Waals surface area contributed by atoms with Crippen LogP contribution in [0.1, 0.15) is 11.5 Å². The standard InChI is InChI=1S/C17H14ClN5O4/c18-15-12(23-8-2-1-5-13(23)20-15)6-7-14(24)21-22-17(26)16(25)19-10-11-4-3-9-27-11/h1-9H,10H2,(H,19,25)(H,21,24)(H,22,26)/b7-6+. The van der Waals surface area contributed by atoms with Gasteiger partial charge in [0.1, 0.15) is 11.4 Å². The normalized spacial score (nSPS) is 10.9. The summed E-state index contributed by atoms with van der Waals surface area (Å²) < 4.78 is 6.73. The number of hydrogen-bond acceptors (Lipinski definition) is 5. The maximum atomic E-state index is 11.8. The second-order valence-corrected chi connectivity index (χ2v) is 5.61. The molecule has 3 rings (SSSR count). The fourth-order valence-electron chi connectivity index (χ4n) is 2.17. The summed E-state index contributed by atoms with van der Waals surface area (Å²) in [4.78, 5) is 39.2. The molecule has 0 saturated heterocycles. The lowest BCUT2D eigenvalue weighted by atomic mass is 10.4. The van der Waals surface area contributed by atoms with Crippen molar-refractivity contribution in [2.45, 2.75) is 6.54 Å². The Hall–Kier alpha value is -3.59. The molecule has 3 amide bonds. The van der Waals surface area contributed by atoms with E-state index in [2.05, 4.69) is 15.7 Å². The van der Waals surface area contributed by atoms with Gasteiger partial charge in [-0.05, 0) is 30.3 Å². The first-order valence-electron chi connectivity index (χ1n) is 7.76. The average Bonchev–Trinajstić information content (AvgIpc) is 3.29. The van der Waals surface area contributed by atoms with Gasteiger partial charge in [0.05, 0.1) is 18.5 Å². The maximum absolute atomic E-state index is 11.8. The monoisotopic (exact) mass is 387 g/mol. The van der Waals surface area contributed by atoms with Crippen molar-refractivity contribution < 1.29 is 18.8 Å². The first-order chi connectivity index (χ1) is 13.0. The van der Waals surface area contributed by atoms with E-state index < -0.39 is 17.7 Å². The number of imidazole rings is 1. The van der Waals surface area contributed by atoms with Crippen LogP contribution in [0.2, 0.25) is 5.15 Å². The molecule has 9 nitrogen and oxygen atoms in total. The Morgan fingerprint density at radius 1 is 1.15 bits per heavy atom. The number of carbonyl (C=O) groups excluding carboxylic acids is 3. The van der Waals surface area contributed by atoms with E-state index in [0.717, 1.165) is 6.08 Å². The zero-order chi connectivity index (χ0) is 19.2. The summed E-state index contributed by atoms with van der Waals surface area (Å²) >= 11 is 6.05. The molecule has 27 heavy (non-hydrogen) atoms. The Morgan fingerprint density at radius 3 is 2.78 bits per heavy atom. The fourth-order valence-corrected chi connectivity index (χ4v) is 2.41. The highest BCUT2D eigenvalue weighted by molar-refractivity contribution is 6.35. The van der Waals surface area contributed by atoms with Crippen molar-refractivity contribution in [1.29, 1.82) is 0 Å². The molecule has 3 aromatic heterocycles. The van der Waals surface area contributed by atoms with Gasteiger partial charge in [0.25, 0.3) is 5.91 Å². The molecule has 0 saturated carbocycles. The van der Waals surface area contributed by atoms with Crippen LogP contribution in [-0.4, -0.2) is 27.1 Å². The number of furan rings is 1. The first-order valence-corrected chi connectivity index (χ1v) is 8.13. The van der Waals surface area contributed by atoms with Gasteiger partial charge in [-0.1, -0.05) is 17.7 Å². The van der Waals surface area contributed by atoms with Gasteiger partial charge >= 0.3 is 11.8 Å². The minimum atomic E-state index is -1.02. The molecular weight excluding hydrogens is 374 g/mol. The Balaban J connectivity index is 1.51. The van der Waals surface area contributed by atoms with Crippen molar-refractivity contribution in [3.63, 3.8) is 0 Å². The highest BCUT2D eigenvalue weighted by Crippen LogP contribution is 2.18. The Labute approximate surface area is 158 Å². The van der Waals surface area contributed by atoms with Gasteiger partial charge in [0.15, 0.2) is 5.15 Å². The number of hydrazine groups is 1. The van der Waals surface area contributed by atoms with Crippen LogP contribution >= 0.6 is 11.6 Å². The van der Waals surface area contributed by atoms with Crippen LogP contribution < -0.4 is 16.2 Å². The third-order valence-electron chi connectivity index (χ3n) is 3.42. The van der Waals surface area contributed by atoms with Crippen molar-refractivity contribution in [3.8, 4) is 0 Å². The number of hydrogen-bond donors (Lipinski definition) is 3. The number of amides is 3. The van der Waals surface area contributed by atoms with Gasteiger partial charge in [0.2, 0.25) is 0 Å². The van der Waals surface area contributed by atoms with Crippen LogP contribution in [0.3, 0.4) is 0 Å². The van der Waals surface area contributed by atoms with E-state index in [-0.39, 0.29) is 11.7 Å². The van der Waals surface area contributed by atoms with Crippen molar-refractivity contribution in [1.82, 2.24) is 25.6 Å². The van der Waals surface area contributed by atoms with Crippen molar-refractivity contribution in [3.05, 3.63) is 65.5 Å². The molecule has 0 aromatic carbocycles. The first kappa shape index (κ1) is 18.2. The SMILES string of the molecule is O=C(/C=C/c1c(Cl)nc2ccccn12)NNC(=O)C(=O)NCc1ccco1. The average molecular weight is 388 g/mol. The summed E-state index contributed by atoms with van der Waals surface area (Å²) in [7, 11) is 0. The summed E-state index contributed by atoms with van der Waals surface area (Å²) in [6.45, 7) is 0.0554. The third-order valence-corrected chi connectivity index (χ3v) is 3.70. The van der Waals surface area contributed by atoms with E-state index in [4.69, 9.17) is 16.0 Å². The quantitative estimate of drug-likeness (QED) is 0.351. The minimum Gasteiger partial charge on any atom is -0.467 e. The molecule has 138 valence electrons. The topological polar surface area (TPSA) is 118 Å². The summed E-state index contributed by atoms with van der Waals surface area (Å²) in [6, 6.07) is 8.68. The van der Waals surface area contributed by atoms with E-state index in [1.54, 1.807) is 34.9 Å². The molecule has 0 fully saturated rings. The van der Waals surface area contributed by atoms with Crippen molar-refractivity contribution in [2.24, 2.45) is 0 Å². The van der Waals surface area contributed by atoms with Crippen LogP contribution in [0, 0.1) is 0 Å². The predicted molar refractivity (Wildman–Crippen MR) is 96.1 cm³/mol. The summed E-state index contributed by atoms with van der Waals surface area (Å²) in [5, 5.41) is 2.58. The zero-order valence-corrected chi connectivity index (χ0v) is 14.6. The molecular formula is C17H14ClN5O4. The van der Waals surface area contributed by atoms with Gasteiger partial charge in [-0.2, -0.15) is 0 Å². The van der Waals surface area contributed by atoms with Gasteiger partial charge in [0, 0.05) is 12.3 Å². The zero-order valence-electron chi connectivity index (χ0n) is 13.8. The molecule has 0 aliphatic heterocycles. The van der Waals surface area contributed by atoms with Crippen molar-refractivity contribution >= 4 is 41.0 Å². The van der Waals surface area contributed by atoms with E-state index >= 15 is 0 Å². The maximum Gasteiger partial charge on any atom is 0.327 e. The minimum absolute atomic E-state index is 0.0554. The van der Waals surface area contributed by atoms with Gasteiger partial charge < -0.3 is 9.73 Å². The molecule has 0 aliphatic rings. The number of halogens is 1. The number of pyridine rings is 1. The molecule has 0 bridgehead atoms. The fraction of sp³-hybridized carbons (Fsp3) is 0.0588. The third kappa shape index (κ3) is 4.53. The predicted octanol–water partition coefficient (Wildman–Crippen LogP) is 1.06. The Morgan fingerprint density at radius 2 is 2.00 bits per heavy atom. The highest BCUT2D eigenvalue weighted by Gasteiger charge is 2.14. The van der Waals surface area contributed by atoms with Crippen LogP contribution in [-0.2, 0) is 20.9 Å². The number of rotatable bonds is 4. The molecule has 0 radical (unpaired) electrons. The van der Waals surface area contributed by atoms with Gasteiger partial charge in [-0.3, -0.25) is 29.6 Å². The van der Waals surface area contributed by atoms with Crippen LogP contribution in [0.5, 0.6) is 0 Å². The van der Waals surface area contributed by atoms with Gasteiger partial charge in [-0.15, -0.1) is 0 Å². The number of nitrogens with one attached hydrogen (secondary N) is 3. The lowest BCUT2D eigenvalue weighted by Crippen LogP contribution is -2.47. The summed E-state index contributed by atoms with van der Waals surface area (Å²) in [5.74, 6) is -2.09. The molecule has 10 heteroatoms. The second kappa shape index (κ2) is 8.19. The molecule has 3 heterocycles. The molecule has 0 spiro atoms. The van der Waals surface area contributed by atoms with E-state index in [1.807, 2.05) is 11.5 Å². The number of carbonyl (C=O) groups is 3. The molecule has 0 atom stereocenters. The lowest BCUT2D eigenvalue weighted by molar-refractivity contribution is -0.140. The highest BCUT2D eigenvalue weighted by atomic mass is 35.5. The summed E-state index contributed by atoms with van der Waals surface area (Å²) in [6.07, 6.45) is 5.80. The number of aromatic nitrogens is 2.